The van der Waals surface area contributed by atoms with Crippen molar-refractivity contribution >= 4 is 40.3 Å². The molecule has 5 heteroatoms. The third-order valence-electron chi connectivity index (χ3n) is 1.32. The molecule has 70 valence electrons. The van der Waals surface area contributed by atoms with Gasteiger partial charge in [0, 0.05) is 14.7 Å². The van der Waals surface area contributed by atoms with Gasteiger partial charge in [-0.25, -0.2) is 9.78 Å². The number of halogens is 1. The predicted octanol–water partition coefficient (Wildman–Crippen LogP) is 2.50. The monoisotopic (exact) mass is 309 g/mol. The molecule has 0 saturated heterocycles. The van der Waals surface area contributed by atoms with Gasteiger partial charge < -0.3 is 5.11 Å². The van der Waals surface area contributed by atoms with Crippen molar-refractivity contribution in [3.05, 3.63) is 21.5 Å². The summed E-state index contributed by atoms with van der Waals surface area (Å²) in [4.78, 5) is 15.3. The summed E-state index contributed by atoms with van der Waals surface area (Å²) in [5.41, 5.74) is 0.146. The van der Waals surface area contributed by atoms with E-state index in [0.717, 1.165) is 14.2 Å². The third kappa shape index (κ3) is 2.84. The molecule has 0 spiro atoms. The minimum Gasteiger partial charge on any atom is -0.476 e. The molecular formula is C8H8INO2S. The summed E-state index contributed by atoms with van der Waals surface area (Å²) < 4.78 is 0.957. The number of thioether (sulfide) groups is 1. The van der Waals surface area contributed by atoms with Gasteiger partial charge in [0.2, 0.25) is 0 Å². The second-order valence-electron chi connectivity index (χ2n) is 2.24. The SMILES string of the molecule is CCSc1cc(I)cnc1C(=O)O. The number of rotatable bonds is 3. The molecular weight excluding hydrogens is 301 g/mol. The molecule has 0 unspecified atom stereocenters. The molecule has 0 aliphatic carbocycles. The summed E-state index contributed by atoms with van der Waals surface area (Å²) in [6, 6.07) is 1.84. The molecule has 0 radical (unpaired) electrons. The van der Waals surface area contributed by atoms with Crippen molar-refractivity contribution in [2.75, 3.05) is 5.75 Å². The van der Waals surface area contributed by atoms with E-state index in [-0.39, 0.29) is 5.69 Å². The maximum atomic E-state index is 10.7. The number of carboxylic acid groups (broad SMARTS) is 1. The van der Waals surface area contributed by atoms with E-state index in [1.807, 2.05) is 13.0 Å². The van der Waals surface area contributed by atoms with Crippen molar-refractivity contribution in [1.82, 2.24) is 4.98 Å². The largest absolute Gasteiger partial charge is 0.476 e. The summed E-state index contributed by atoms with van der Waals surface area (Å²) in [6.07, 6.45) is 1.56. The van der Waals surface area contributed by atoms with Crippen LogP contribution >= 0.6 is 34.4 Å². The zero-order valence-corrected chi connectivity index (χ0v) is 9.92. The number of hydrogen-bond donors (Lipinski definition) is 1. The van der Waals surface area contributed by atoms with Gasteiger partial charge in [0.05, 0.1) is 0 Å². The Morgan fingerprint density at radius 1 is 1.77 bits per heavy atom. The van der Waals surface area contributed by atoms with E-state index in [9.17, 15) is 4.79 Å². The molecule has 0 aromatic carbocycles. The van der Waals surface area contributed by atoms with Crippen LogP contribution in [0.15, 0.2) is 17.2 Å². The fourth-order valence-corrected chi connectivity index (χ4v) is 2.31. The molecule has 0 fully saturated rings. The summed E-state index contributed by atoms with van der Waals surface area (Å²) in [5.74, 6) is -0.116. The van der Waals surface area contributed by atoms with Gasteiger partial charge in [0.25, 0.3) is 0 Å². The minimum absolute atomic E-state index is 0.146. The van der Waals surface area contributed by atoms with Gasteiger partial charge in [-0.15, -0.1) is 11.8 Å². The van der Waals surface area contributed by atoms with E-state index in [0.29, 0.717) is 0 Å². The van der Waals surface area contributed by atoms with Crippen LogP contribution in [-0.2, 0) is 0 Å². The summed E-state index contributed by atoms with van der Waals surface area (Å²) in [5, 5.41) is 8.80. The van der Waals surface area contributed by atoms with Crippen LogP contribution < -0.4 is 0 Å². The first-order valence-corrected chi connectivity index (χ1v) is 5.73. The molecule has 1 aromatic rings. The Labute approximate surface area is 94.1 Å². The van der Waals surface area contributed by atoms with Crippen LogP contribution in [0, 0.1) is 3.57 Å². The van der Waals surface area contributed by atoms with Crippen molar-refractivity contribution in [1.29, 1.82) is 0 Å². The number of aromatic carboxylic acids is 1. The lowest BCUT2D eigenvalue weighted by atomic mass is 10.3. The number of carbonyl (C=O) groups is 1. The van der Waals surface area contributed by atoms with E-state index >= 15 is 0 Å². The van der Waals surface area contributed by atoms with E-state index in [1.54, 1.807) is 6.20 Å². The van der Waals surface area contributed by atoms with Crippen LogP contribution in [-0.4, -0.2) is 21.8 Å². The van der Waals surface area contributed by atoms with Crippen molar-refractivity contribution in [3.8, 4) is 0 Å². The third-order valence-corrected chi connectivity index (χ3v) is 2.82. The van der Waals surface area contributed by atoms with Crippen LogP contribution in [0.4, 0.5) is 0 Å². The van der Waals surface area contributed by atoms with E-state index in [2.05, 4.69) is 27.6 Å². The van der Waals surface area contributed by atoms with Crippen molar-refractivity contribution < 1.29 is 9.90 Å². The van der Waals surface area contributed by atoms with Crippen molar-refractivity contribution in [2.24, 2.45) is 0 Å². The summed E-state index contributed by atoms with van der Waals surface area (Å²) in [6.45, 7) is 1.98. The molecule has 3 nitrogen and oxygen atoms in total. The zero-order chi connectivity index (χ0) is 9.84. The molecule has 0 saturated carbocycles. The van der Waals surface area contributed by atoms with E-state index in [4.69, 9.17) is 5.11 Å². The van der Waals surface area contributed by atoms with Gasteiger partial charge in [-0.1, -0.05) is 6.92 Å². The second-order valence-corrected chi connectivity index (χ2v) is 4.79. The van der Waals surface area contributed by atoms with Crippen molar-refractivity contribution in [3.63, 3.8) is 0 Å². The Morgan fingerprint density at radius 2 is 2.46 bits per heavy atom. The van der Waals surface area contributed by atoms with Gasteiger partial charge in [-0.3, -0.25) is 0 Å². The maximum absolute atomic E-state index is 10.7. The Balaban J connectivity index is 3.10. The summed E-state index contributed by atoms with van der Waals surface area (Å²) in [7, 11) is 0. The topological polar surface area (TPSA) is 50.2 Å². The van der Waals surface area contributed by atoms with Gasteiger partial charge in [0.15, 0.2) is 5.69 Å². The number of pyridine rings is 1. The average Bonchev–Trinajstić information content (AvgIpc) is 2.04. The van der Waals surface area contributed by atoms with Gasteiger partial charge in [-0.2, -0.15) is 0 Å². The average molecular weight is 309 g/mol. The fourth-order valence-electron chi connectivity index (χ4n) is 0.847. The van der Waals surface area contributed by atoms with Gasteiger partial charge in [-0.05, 0) is 34.4 Å². The molecule has 1 rings (SSSR count). The highest BCUT2D eigenvalue weighted by atomic mass is 127. The Morgan fingerprint density at radius 3 is 3.00 bits per heavy atom. The quantitative estimate of drug-likeness (QED) is 0.688. The molecule has 0 aliphatic heterocycles. The zero-order valence-electron chi connectivity index (χ0n) is 6.95. The Hall–Kier alpha value is -0.300. The first-order valence-electron chi connectivity index (χ1n) is 3.66. The molecule has 0 atom stereocenters. The minimum atomic E-state index is -0.965. The smallest absolute Gasteiger partial charge is 0.355 e. The molecule has 1 aromatic heterocycles. The summed E-state index contributed by atoms with van der Waals surface area (Å²) >= 11 is 3.61. The second kappa shape index (κ2) is 4.80. The Kier molecular flexibility index (Phi) is 3.98. The maximum Gasteiger partial charge on any atom is 0.355 e. The van der Waals surface area contributed by atoms with Gasteiger partial charge >= 0.3 is 5.97 Å². The van der Waals surface area contributed by atoms with E-state index in [1.165, 1.54) is 11.8 Å². The fraction of sp³-hybridized carbons (Fsp3) is 0.250. The molecule has 0 bridgehead atoms. The van der Waals surface area contributed by atoms with Crippen LogP contribution in [0.5, 0.6) is 0 Å². The lowest BCUT2D eigenvalue weighted by molar-refractivity contribution is 0.0686. The predicted molar refractivity (Wildman–Crippen MR) is 60.3 cm³/mol. The number of aromatic nitrogens is 1. The lowest BCUT2D eigenvalue weighted by Gasteiger charge is -2.02. The first kappa shape index (κ1) is 10.8. The van der Waals surface area contributed by atoms with Crippen LogP contribution in [0.2, 0.25) is 0 Å². The standard InChI is InChI=1S/C8H8INO2S/c1-2-13-6-3-5(9)4-10-7(6)8(11)12/h3-4H,2H2,1H3,(H,11,12). The highest BCUT2D eigenvalue weighted by Gasteiger charge is 2.11. The number of nitrogens with zero attached hydrogens (tertiary/aromatic N) is 1. The molecule has 0 aliphatic rings. The number of carboxylic acids is 1. The van der Waals surface area contributed by atoms with Crippen molar-refractivity contribution in [2.45, 2.75) is 11.8 Å². The molecule has 13 heavy (non-hydrogen) atoms. The van der Waals surface area contributed by atoms with E-state index < -0.39 is 5.97 Å². The molecule has 0 amide bonds. The number of hydrogen-bond acceptors (Lipinski definition) is 3. The van der Waals surface area contributed by atoms with Crippen LogP contribution in [0.1, 0.15) is 17.4 Å². The van der Waals surface area contributed by atoms with Crippen LogP contribution in [0.25, 0.3) is 0 Å². The highest BCUT2D eigenvalue weighted by molar-refractivity contribution is 14.1. The lowest BCUT2D eigenvalue weighted by Crippen LogP contribution is -2.02. The van der Waals surface area contributed by atoms with Crippen LogP contribution in [0.3, 0.4) is 0 Å². The normalized spacial score (nSPS) is 10.0. The molecule has 1 heterocycles. The Bertz CT molecular complexity index is 330. The molecule has 1 N–H and O–H groups in total. The first-order chi connectivity index (χ1) is 6.15. The van der Waals surface area contributed by atoms with Gasteiger partial charge in [0.1, 0.15) is 0 Å². The highest BCUT2D eigenvalue weighted by Crippen LogP contribution is 2.22.